The molecule has 0 radical (unpaired) electrons. The van der Waals surface area contributed by atoms with E-state index in [-0.39, 0.29) is 11.6 Å². The Kier molecular flexibility index (Phi) is 20.4. The number of hydrogen-bond donors (Lipinski definition) is 0. The quantitative estimate of drug-likeness (QED) is 0.112. The maximum Gasteiger partial charge on any atom is 0.186 e. The Hall–Kier alpha value is -4.12. The lowest BCUT2D eigenvalue weighted by molar-refractivity contribution is -0.132. The van der Waals surface area contributed by atoms with Gasteiger partial charge in [0.15, 0.2) is 11.6 Å². The Balaban J connectivity index is 4.92. The minimum absolute atomic E-state index is 0.0638. The molecule has 4 nitrogen and oxygen atoms in total. The molecule has 0 aliphatic rings. The molecule has 0 aromatic carbocycles. The maximum absolute atomic E-state index is 12.1. The highest BCUT2D eigenvalue weighted by molar-refractivity contribution is 5.97. The van der Waals surface area contributed by atoms with Crippen molar-refractivity contribution >= 4 is 11.6 Å². The van der Waals surface area contributed by atoms with Gasteiger partial charge in [-0.1, -0.05) is 143 Å². The highest BCUT2D eigenvalue weighted by atomic mass is 16.5. The largest absolute Gasteiger partial charge is 0.371 e. The van der Waals surface area contributed by atoms with Crippen LogP contribution in [0.25, 0.3) is 0 Å². The molecule has 0 aromatic heterocycles. The molecule has 0 bridgehead atoms. The summed E-state index contributed by atoms with van der Waals surface area (Å²) in [7, 11) is 3.07. The molecule has 46 heavy (non-hydrogen) atoms. The van der Waals surface area contributed by atoms with Gasteiger partial charge in [0.05, 0.1) is 0 Å². The molecular weight excluding hydrogens is 568 g/mol. The van der Waals surface area contributed by atoms with Crippen LogP contribution in [0, 0.1) is 0 Å². The third kappa shape index (κ3) is 20.0. The van der Waals surface area contributed by atoms with E-state index in [0.29, 0.717) is 0 Å². The van der Waals surface area contributed by atoms with Crippen LogP contribution in [0.2, 0.25) is 0 Å². The van der Waals surface area contributed by atoms with Gasteiger partial charge in [0.25, 0.3) is 0 Å². The highest BCUT2D eigenvalue weighted by Crippen LogP contribution is 2.12. The fraction of sp³-hybridized carbons (Fsp3) is 0.333. The third-order valence-electron chi connectivity index (χ3n) is 6.90. The number of carbonyl (C=O) groups excluding carboxylic acids is 2. The van der Waals surface area contributed by atoms with Crippen molar-refractivity contribution in [2.45, 2.75) is 80.4 Å². The van der Waals surface area contributed by atoms with Gasteiger partial charge in [0.1, 0.15) is 11.2 Å². The summed E-state index contributed by atoms with van der Waals surface area (Å²) in [6.45, 7) is 19.2. The summed E-state index contributed by atoms with van der Waals surface area (Å²) < 4.78 is 10.4. The lowest BCUT2D eigenvalue weighted by Gasteiger charge is -2.18. The van der Waals surface area contributed by atoms with Crippen molar-refractivity contribution in [2.24, 2.45) is 0 Å². The van der Waals surface area contributed by atoms with Crippen molar-refractivity contribution in [1.29, 1.82) is 0 Å². The van der Waals surface area contributed by atoms with Crippen molar-refractivity contribution in [1.82, 2.24) is 0 Å². The number of allylic oxidation sites excluding steroid dienone is 24. The fourth-order valence-electron chi connectivity index (χ4n) is 3.17. The van der Waals surface area contributed by atoms with Crippen LogP contribution < -0.4 is 0 Å². The summed E-state index contributed by atoms with van der Waals surface area (Å²) in [6, 6.07) is 0. The van der Waals surface area contributed by atoms with Crippen molar-refractivity contribution in [2.75, 3.05) is 14.2 Å². The van der Waals surface area contributed by atoms with E-state index in [1.165, 1.54) is 14.2 Å². The molecule has 248 valence electrons. The van der Waals surface area contributed by atoms with Gasteiger partial charge < -0.3 is 9.47 Å². The predicted octanol–water partition coefficient (Wildman–Crippen LogP) is 10.5. The van der Waals surface area contributed by atoms with Gasteiger partial charge in [-0.3, -0.25) is 9.59 Å². The first-order valence-corrected chi connectivity index (χ1v) is 15.5. The van der Waals surface area contributed by atoms with Crippen LogP contribution in [-0.2, 0) is 19.1 Å². The molecule has 0 unspecified atom stereocenters. The molecule has 0 aromatic rings. The first kappa shape index (κ1) is 41.9. The molecule has 0 rings (SSSR count). The molecule has 0 heterocycles. The number of carbonyl (C=O) groups is 2. The SMILES string of the molecule is COC(C)(C)C(=O)\C=C/C(C)=C/C=C/C(C)=C/C=C/C(C)=C/C=C/C=C(C)/C=C/C=C(C)/C=C/C=C(C)/C=C\C(=O)C(C)(C)OC. The number of rotatable bonds is 18. The number of methoxy groups -OCH3 is 2. The van der Waals surface area contributed by atoms with E-state index in [0.717, 1.165) is 33.4 Å². The predicted molar refractivity (Wildman–Crippen MR) is 199 cm³/mol. The van der Waals surface area contributed by atoms with E-state index in [1.807, 2.05) is 88.5 Å². The van der Waals surface area contributed by atoms with Crippen LogP contribution in [0.15, 0.2) is 155 Å². The molecule has 0 saturated carbocycles. The second kappa shape index (κ2) is 22.4. The normalized spacial score (nSPS) is 15.9. The summed E-state index contributed by atoms with van der Waals surface area (Å²) in [5, 5.41) is 0. The molecule has 0 amide bonds. The Morgan fingerprint density at radius 3 is 0.826 bits per heavy atom. The minimum atomic E-state index is -0.810. The number of ether oxygens (including phenoxy) is 2. The van der Waals surface area contributed by atoms with Crippen molar-refractivity contribution in [3.63, 3.8) is 0 Å². The van der Waals surface area contributed by atoms with E-state index < -0.39 is 11.2 Å². The Labute approximate surface area is 279 Å². The van der Waals surface area contributed by atoms with Gasteiger partial charge in [-0.2, -0.15) is 0 Å². The maximum atomic E-state index is 12.1. The molecule has 0 aliphatic carbocycles. The fourth-order valence-corrected chi connectivity index (χ4v) is 3.17. The van der Waals surface area contributed by atoms with Gasteiger partial charge in [-0.25, -0.2) is 0 Å². The number of ketones is 2. The van der Waals surface area contributed by atoms with Crippen LogP contribution >= 0.6 is 0 Å². The van der Waals surface area contributed by atoms with Gasteiger partial charge in [0, 0.05) is 14.2 Å². The average Bonchev–Trinajstić information content (AvgIpc) is 3.00. The third-order valence-corrected chi connectivity index (χ3v) is 6.90. The topological polar surface area (TPSA) is 52.6 Å². The van der Waals surface area contributed by atoms with E-state index in [9.17, 15) is 9.59 Å². The zero-order chi connectivity index (χ0) is 35.2. The van der Waals surface area contributed by atoms with Crippen LogP contribution in [0.4, 0.5) is 0 Å². The summed E-state index contributed by atoms with van der Waals surface area (Å²) in [4.78, 5) is 24.2. The molecule has 0 aliphatic heterocycles. The summed E-state index contributed by atoms with van der Waals surface area (Å²) in [6.07, 6.45) is 39.2. The van der Waals surface area contributed by atoms with Gasteiger partial charge >= 0.3 is 0 Å². The average molecular weight is 625 g/mol. The zero-order valence-corrected chi connectivity index (χ0v) is 30.2. The monoisotopic (exact) mass is 624 g/mol. The summed E-state index contributed by atoms with van der Waals surface area (Å²) in [5.74, 6) is -0.128. The summed E-state index contributed by atoms with van der Waals surface area (Å²) >= 11 is 0. The zero-order valence-electron chi connectivity index (χ0n) is 30.2. The second-order valence-electron chi connectivity index (χ2n) is 12.1. The lowest BCUT2D eigenvalue weighted by atomic mass is 10.0. The molecule has 0 fully saturated rings. The van der Waals surface area contributed by atoms with Crippen LogP contribution in [0.3, 0.4) is 0 Å². The van der Waals surface area contributed by atoms with E-state index in [4.69, 9.17) is 9.47 Å². The van der Waals surface area contributed by atoms with E-state index in [2.05, 4.69) is 50.3 Å². The minimum Gasteiger partial charge on any atom is -0.371 e. The molecule has 0 spiro atoms. The van der Waals surface area contributed by atoms with Gasteiger partial charge in [-0.05, 0) is 81.4 Å². The Bertz CT molecular complexity index is 1310. The van der Waals surface area contributed by atoms with Gasteiger partial charge in [-0.15, -0.1) is 0 Å². The van der Waals surface area contributed by atoms with Crippen LogP contribution in [0.1, 0.15) is 69.2 Å². The standard InChI is InChI=1S/C42H56O4/c1-33(21-15-23-35(3)25-17-27-37(5)29-31-39(43)41(7,8)45-11)19-13-14-20-34(2)22-16-24-36(4)26-18-28-38(6)30-32-40(44)42(9,10)46-12/h13-32H,1-12H3/b14-13+,21-15+,22-16+,25-17+,26-18+,31-29-,32-30-,33-19+,34-20+,35-23+,36-24+,37-27+,38-28+. The second-order valence-corrected chi connectivity index (χ2v) is 12.1. The Morgan fingerprint density at radius 1 is 0.370 bits per heavy atom. The summed E-state index contributed by atoms with van der Waals surface area (Å²) in [5.41, 5.74) is 4.87. The highest BCUT2D eigenvalue weighted by Gasteiger charge is 2.24. The van der Waals surface area contributed by atoms with Crippen LogP contribution in [-0.4, -0.2) is 37.0 Å². The first-order chi connectivity index (χ1) is 21.5. The lowest BCUT2D eigenvalue weighted by Crippen LogP contribution is -2.32. The smallest absolute Gasteiger partial charge is 0.186 e. The van der Waals surface area contributed by atoms with Crippen LogP contribution in [0.5, 0.6) is 0 Å². The number of hydrogen-bond acceptors (Lipinski definition) is 4. The molecule has 0 N–H and O–H groups in total. The van der Waals surface area contributed by atoms with Crippen molar-refractivity contribution in [3.05, 3.63) is 155 Å². The molecular formula is C42H56O4. The van der Waals surface area contributed by atoms with Crippen molar-refractivity contribution < 1.29 is 19.1 Å². The molecule has 0 atom stereocenters. The first-order valence-electron chi connectivity index (χ1n) is 15.5. The Morgan fingerprint density at radius 2 is 0.587 bits per heavy atom. The van der Waals surface area contributed by atoms with Crippen molar-refractivity contribution in [3.8, 4) is 0 Å². The molecule has 4 heteroatoms. The van der Waals surface area contributed by atoms with Gasteiger partial charge in [0.2, 0.25) is 0 Å². The van der Waals surface area contributed by atoms with E-state index in [1.54, 1.807) is 52.0 Å². The van der Waals surface area contributed by atoms with E-state index >= 15 is 0 Å². The molecule has 0 saturated heterocycles.